The second-order valence-corrected chi connectivity index (χ2v) is 3.28. The highest BCUT2D eigenvalue weighted by molar-refractivity contribution is 6.36. The molecule has 1 aliphatic rings. The van der Waals surface area contributed by atoms with Crippen LogP contribution in [0.3, 0.4) is 0 Å². The Kier molecular flexibility index (Phi) is 2.97. The van der Waals surface area contributed by atoms with Crippen molar-refractivity contribution in [3.63, 3.8) is 0 Å². The van der Waals surface area contributed by atoms with Crippen LogP contribution in [0.4, 0.5) is 5.69 Å². The number of nitrogens with zero attached hydrogens (tertiary/aromatic N) is 1. The number of ether oxygens (including phenoxy) is 1. The molecule has 0 saturated carbocycles. The van der Waals surface area contributed by atoms with Crippen molar-refractivity contribution in [2.24, 2.45) is 5.10 Å². The van der Waals surface area contributed by atoms with E-state index < -0.39 is 0 Å². The second-order valence-electron chi connectivity index (χ2n) is 3.28. The van der Waals surface area contributed by atoms with Crippen molar-refractivity contribution in [1.82, 2.24) is 0 Å². The lowest BCUT2D eigenvalue weighted by molar-refractivity contribution is -0.137. The Morgan fingerprint density at radius 2 is 2.07 bits per heavy atom. The predicted octanol–water partition coefficient (Wildman–Crippen LogP) is 1.79. The largest absolute Gasteiger partial charge is 0.461 e. The van der Waals surface area contributed by atoms with Gasteiger partial charge < -0.3 is 4.74 Å². The number of para-hydroxylation sites is 1. The number of esters is 1. The zero-order valence-electron chi connectivity index (χ0n) is 8.27. The molecule has 2 rings (SSSR count). The summed E-state index contributed by atoms with van der Waals surface area (Å²) in [4.78, 5) is 11.2. The van der Waals surface area contributed by atoms with Gasteiger partial charge in [0.1, 0.15) is 5.71 Å². The number of hydrogen-bond acceptors (Lipinski definition) is 4. The third-order valence-electron chi connectivity index (χ3n) is 2.12. The molecular weight excluding hydrogens is 192 g/mol. The summed E-state index contributed by atoms with van der Waals surface area (Å²) < 4.78 is 4.87. The highest BCUT2D eigenvalue weighted by Gasteiger charge is 2.17. The molecule has 4 heteroatoms. The fourth-order valence-electron chi connectivity index (χ4n) is 1.34. The SMILES string of the molecule is O=C1OCCC/C1=N/Nc1ccccc1. The van der Waals surface area contributed by atoms with Gasteiger partial charge in [0.05, 0.1) is 12.3 Å². The Morgan fingerprint density at radius 3 is 2.80 bits per heavy atom. The standard InChI is InChI=1S/C11H12N2O2/c14-11-10(7-4-8-15-11)13-12-9-5-2-1-3-6-9/h1-3,5-6,12H,4,7-8H2/b13-10-. The minimum absolute atomic E-state index is 0.315. The molecule has 1 saturated heterocycles. The highest BCUT2D eigenvalue weighted by atomic mass is 16.5. The van der Waals surface area contributed by atoms with Crippen LogP contribution in [0, 0.1) is 0 Å². The average molecular weight is 204 g/mol. The first kappa shape index (κ1) is 9.71. The van der Waals surface area contributed by atoms with Gasteiger partial charge in [0.2, 0.25) is 0 Å². The second kappa shape index (κ2) is 4.59. The summed E-state index contributed by atoms with van der Waals surface area (Å²) in [6.45, 7) is 0.503. The molecule has 0 aliphatic carbocycles. The average Bonchev–Trinajstić information content (AvgIpc) is 2.29. The van der Waals surface area contributed by atoms with Crippen molar-refractivity contribution in [1.29, 1.82) is 0 Å². The molecule has 1 aromatic rings. The van der Waals surface area contributed by atoms with Gasteiger partial charge in [-0.25, -0.2) is 4.79 Å². The number of carbonyl (C=O) groups is 1. The van der Waals surface area contributed by atoms with Gasteiger partial charge in [0, 0.05) is 6.42 Å². The maximum absolute atomic E-state index is 11.2. The first-order chi connectivity index (χ1) is 7.36. The topological polar surface area (TPSA) is 50.7 Å². The monoisotopic (exact) mass is 204 g/mol. The van der Waals surface area contributed by atoms with Crippen LogP contribution >= 0.6 is 0 Å². The molecule has 0 unspecified atom stereocenters. The molecule has 0 radical (unpaired) electrons. The van der Waals surface area contributed by atoms with Crippen molar-refractivity contribution < 1.29 is 9.53 Å². The lowest BCUT2D eigenvalue weighted by Crippen LogP contribution is -2.24. The zero-order chi connectivity index (χ0) is 10.5. The third-order valence-corrected chi connectivity index (χ3v) is 2.12. The molecule has 0 aromatic heterocycles. The quantitative estimate of drug-likeness (QED) is 0.590. The maximum Gasteiger partial charge on any atom is 0.354 e. The van der Waals surface area contributed by atoms with Gasteiger partial charge in [-0.15, -0.1) is 0 Å². The molecule has 1 N–H and O–H groups in total. The van der Waals surface area contributed by atoms with Crippen molar-refractivity contribution in [3.05, 3.63) is 30.3 Å². The lowest BCUT2D eigenvalue weighted by Gasteiger charge is -2.12. The van der Waals surface area contributed by atoms with Crippen LogP contribution in [-0.2, 0) is 9.53 Å². The number of benzene rings is 1. The summed E-state index contributed by atoms with van der Waals surface area (Å²) >= 11 is 0. The molecule has 1 fully saturated rings. The summed E-state index contributed by atoms with van der Waals surface area (Å²) in [6, 6.07) is 9.51. The molecule has 4 nitrogen and oxygen atoms in total. The van der Waals surface area contributed by atoms with E-state index in [-0.39, 0.29) is 5.97 Å². The Labute approximate surface area is 87.9 Å². The van der Waals surface area contributed by atoms with E-state index in [0.717, 1.165) is 12.1 Å². The first-order valence-electron chi connectivity index (χ1n) is 4.91. The Hall–Kier alpha value is -1.84. The van der Waals surface area contributed by atoms with Crippen molar-refractivity contribution >= 4 is 17.4 Å². The van der Waals surface area contributed by atoms with Gasteiger partial charge in [-0.1, -0.05) is 18.2 Å². The summed E-state index contributed by atoms with van der Waals surface area (Å²) in [7, 11) is 0. The predicted molar refractivity (Wildman–Crippen MR) is 57.7 cm³/mol. The zero-order valence-corrected chi connectivity index (χ0v) is 8.27. The molecule has 1 aromatic carbocycles. The number of rotatable bonds is 2. The van der Waals surface area contributed by atoms with Crippen LogP contribution in [0.15, 0.2) is 35.4 Å². The van der Waals surface area contributed by atoms with Crippen LogP contribution in [0.2, 0.25) is 0 Å². The van der Waals surface area contributed by atoms with Gasteiger partial charge in [-0.3, -0.25) is 5.43 Å². The minimum atomic E-state index is -0.315. The third kappa shape index (κ3) is 2.56. The van der Waals surface area contributed by atoms with Gasteiger partial charge >= 0.3 is 5.97 Å². The number of carbonyl (C=O) groups excluding carboxylic acids is 1. The molecule has 15 heavy (non-hydrogen) atoms. The van der Waals surface area contributed by atoms with Gasteiger partial charge in [0.15, 0.2) is 0 Å². The summed E-state index contributed by atoms with van der Waals surface area (Å²) in [5.74, 6) is -0.315. The molecule has 1 aliphatic heterocycles. The smallest absolute Gasteiger partial charge is 0.354 e. The van der Waals surface area contributed by atoms with E-state index in [1.807, 2.05) is 30.3 Å². The summed E-state index contributed by atoms with van der Waals surface area (Å²) in [6.07, 6.45) is 1.53. The highest BCUT2D eigenvalue weighted by Crippen LogP contribution is 2.08. The molecule has 0 atom stereocenters. The van der Waals surface area contributed by atoms with Crippen molar-refractivity contribution in [3.8, 4) is 0 Å². The van der Waals surface area contributed by atoms with Crippen LogP contribution in [0.5, 0.6) is 0 Å². The fraction of sp³-hybridized carbons (Fsp3) is 0.273. The van der Waals surface area contributed by atoms with E-state index in [4.69, 9.17) is 4.74 Å². The molecule has 0 bridgehead atoms. The van der Waals surface area contributed by atoms with Crippen LogP contribution in [0.25, 0.3) is 0 Å². The summed E-state index contributed by atoms with van der Waals surface area (Å²) in [5, 5.41) is 4.03. The number of nitrogens with one attached hydrogen (secondary N) is 1. The van der Waals surface area contributed by atoms with Crippen LogP contribution in [0.1, 0.15) is 12.8 Å². The number of hydrogen-bond donors (Lipinski definition) is 1. The number of hydrazone groups is 1. The van der Waals surface area contributed by atoms with Crippen LogP contribution in [-0.4, -0.2) is 18.3 Å². The van der Waals surface area contributed by atoms with E-state index in [1.165, 1.54) is 0 Å². The lowest BCUT2D eigenvalue weighted by atomic mass is 10.2. The minimum Gasteiger partial charge on any atom is -0.461 e. The van der Waals surface area contributed by atoms with Crippen LogP contribution < -0.4 is 5.43 Å². The molecule has 78 valence electrons. The Bertz CT molecular complexity index is 373. The van der Waals surface area contributed by atoms with Gasteiger partial charge in [0.25, 0.3) is 0 Å². The number of anilines is 1. The van der Waals surface area contributed by atoms with E-state index >= 15 is 0 Å². The number of cyclic esters (lactones) is 1. The van der Waals surface area contributed by atoms with Crippen molar-refractivity contribution in [2.45, 2.75) is 12.8 Å². The molecule has 0 spiro atoms. The maximum atomic E-state index is 11.2. The molecule has 1 heterocycles. The Morgan fingerprint density at radius 1 is 1.27 bits per heavy atom. The normalized spacial score (nSPS) is 18.7. The van der Waals surface area contributed by atoms with E-state index in [9.17, 15) is 4.79 Å². The van der Waals surface area contributed by atoms with E-state index in [1.54, 1.807) is 0 Å². The molecule has 0 amide bonds. The summed E-state index contributed by atoms with van der Waals surface area (Å²) in [5.41, 5.74) is 4.16. The van der Waals surface area contributed by atoms with Gasteiger partial charge in [-0.2, -0.15) is 5.10 Å². The Balaban J connectivity index is 2.01. The first-order valence-corrected chi connectivity index (χ1v) is 4.91. The van der Waals surface area contributed by atoms with E-state index in [0.29, 0.717) is 18.7 Å². The van der Waals surface area contributed by atoms with Crippen molar-refractivity contribution in [2.75, 3.05) is 12.0 Å². The fourth-order valence-corrected chi connectivity index (χ4v) is 1.34. The van der Waals surface area contributed by atoms with Gasteiger partial charge in [-0.05, 0) is 18.6 Å². The van der Waals surface area contributed by atoms with E-state index in [2.05, 4.69) is 10.5 Å². The molecular formula is C11H12N2O2.